The molecule has 0 aliphatic carbocycles. The fourth-order valence-corrected chi connectivity index (χ4v) is 4.65. The lowest BCUT2D eigenvalue weighted by Gasteiger charge is -2.09. The van der Waals surface area contributed by atoms with Crippen molar-refractivity contribution >= 4 is 46.4 Å². The van der Waals surface area contributed by atoms with Crippen LogP contribution in [0.15, 0.2) is 24.3 Å². The minimum atomic E-state index is -3.79. The molecule has 0 fully saturated rings. The van der Waals surface area contributed by atoms with Gasteiger partial charge in [0.05, 0.1) is 11.6 Å². The van der Waals surface area contributed by atoms with E-state index >= 15 is 0 Å². The van der Waals surface area contributed by atoms with E-state index < -0.39 is 13.8 Å². The fourth-order valence-electron chi connectivity index (χ4n) is 2.03. The quantitative estimate of drug-likeness (QED) is 0.760. The second-order valence-corrected chi connectivity index (χ2v) is 7.95. The molecule has 0 saturated heterocycles. The van der Waals surface area contributed by atoms with Gasteiger partial charge < -0.3 is 9.42 Å². The number of ketones is 1. The number of thiophene rings is 1. The van der Waals surface area contributed by atoms with Gasteiger partial charge in [-0.25, -0.2) is 0 Å². The Hall–Kier alpha value is -0.710. The maximum absolute atomic E-state index is 11.8. The Kier molecular flexibility index (Phi) is 5.58. The highest BCUT2D eigenvalue weighted by Crippen LogP contribution is 2.42. The van der Waals surface area contributed by atoms with Crippen LogP contribution in [0.5, 0.6) is 0 Å². The van der Waals surface area contributed by atoms with Crippen LogP contribution in [0.2, 0.25) is 5.02 Å². The van der Waals surface area contributed by atoms with Crippen molar-refractivity contribution in [3.8, 4) is 0 Å². The van der Waals surface area contributed by atoms with Gasteiger partial charge in [0.2, 0.25) is 0 Å². The molecule has 2 aromatic rings. The monoisotopic (exact) mass is 346 g/mol. The number of Topliss-reactive ketones (excluding diaryl/α,β-unsaturated/α-hetero) is 1. The summed E-state index contributed by atoms with van der Waals surface area (Å²) in [5.74, 6) is -0.289. The Balaban J connectivity index is 2.00. The maximum Gasteiger partial charge on any atom is 0.335 e. The molecule has 1 aromatic carbocycles. The van der Waals surface area contributed by atoms with Crippen LogP contribution in [0, 0.1) is 0 Å². The molecular formula is C14H16ClO4PS. The topological polar surface area (TPSA) is 63.6 Å². The summed E-state index contributed by atoms with van der Waals surface area (Å²) in [6.45, 7) is 1.73. The number of aryl methyl sites for hydroxylation is 1. The molecule has 0 aliphatic rings. The lowest BCUT2D eigenvalue weighted by molar-refractivity contribution is -0.116. The first-order valence-electron chi connectivity index (χ1n) is 6.57. The lowest BCUT2D eigenvalue weighted by Crippen LogP contribution is -2.08. The van der Waals surface area contributed by atoms with Gasteiger partial charge >= 0.3 is 7.60 Å². The van der Waals surface area contributed by atoms with E-state index in [-0.39, 0.29) is 18.8 Å². The Morgan fingerprint density at radius 3 is 2.81 bits per heavy atom. The van der Waals surface area contributed by atoms with E-state index in [1.165, 1.54) is 0 Å². The first kappa shape index (κ1) is 16.7. The molecule has 0 bridgehead atoms. The molecule has 1 N–H and O–H groups in total. The number of rotatable bonds is 7. The lowest BCUT2D eigenvalue weighted by atomic mass is 10.2. The molecule has 0 aliphatic heterocycles. The van der Waals surface area contributed by atoms with E-state index in [9.17, 15) is 14.3 Å². The summed E-state index contributed by atoms with van der Waals surface area (Å²) in [5, 5.41) is 1.65. The van der Waals surface area contributed by atoms with Crippen LogP contribution in [-0.4, -0.2) is 23.4 Å². The summed E-state index contributed by atoms with van der Waals surface area (Å²) in [6.07, 6.45) is 0.219. The van der Waals surface area contributed by atoms with Crippen LogP contribution in [0.25, 0.3) is 10.1 Å². The zero-order valence-corrected chi connectivity index (χ0v) is 14.0. The van der Waals surface area contributed by atoms with E-state index in [4.69, 9.17) is 16.1 Å². The van der Waals surface area contributed by atoms with Crippen LogP contribution >= 0.6 is 30.5 Å². The van der Waals surface area contributed by atoms with Crippen molar-refractivity contribution in [1.29, 1.82) is 0 Å². The van der Waals surface area contributed by atoms with E-state index in [2.05, 4.69) is 0 Å². The highest BCUT2D eigenvalue weighted by molar-refractivity contribution is 7.53. The smallest absolute Gasteiger partial charge is 0.324 e. The van der Waals surface area contributed by atoms with Crippen LogP contribution in [-0.2, 0) is 20.3 Å². The van der Waals surface area contributed by atoms with Crippen LogP contribution < -0.4 is 0 Å². The van der Waals surface area contributed by atoms with Gasteiger partial charge in [-0.05, 0) is 19.4 Å². The third kappa shape index (κ3) is 4.38. The molecule has 0 radical (unpaired) electrons. The first-order chi connectivity index (χ1) is 9.93. The molecule has 0 amide bonds. The van der Waals surface area contributed by atoms with Gasteiger partial charge in [0, 0.05) is 21.4 Å². The predicted molar refractivity (Wildman–Crippen MR) is 86.5 cm³/mol. The van der Waals surface area contributed by atoms with E-state index in [0.717, 1.165) is 15.0 Å². The Labute approximate surface area is 132 Å². The molecule has 1 atom stereocenters. The summed E-state index contributed by atoms with van der Waals surface area (Å²) < 4.78 is 17.3. The van der Waals surface area contributed by atoms with Gasteiger partial charge in [0.25, 0.3) is 0 Å². The number of carbonyl (C=O) groups is 1. The Morgan fingerprint density at radius 2 is 2.14 bits per heavy atom. The van der Waals surface area contributed by atoms with Gasteiger partial charge in [0.15, 0.2) is 0 Å². The SMILES string of the molecule is CCOP(=O)(O)CC(=O)CCc1sc2ccccc2c1Cl. The molecule has 114 valence electrons. The van der Waals surface area contributed by atoms with Crippen molar-refractivity contribution < 1.29 is 18.8 Å². The fraction of sp³-hybridized carbons (Fsp3) is 0.357. The van der Waals surface area contributed by atoms with Gasteiger partial charge in [0.1, 0.15) is 11.9 Å². The highest BCUT2D eigenvalue weighted by atomic mass is 35.5. The molecule has 1 heterocycles. The molecule has 1 aromatic heterocycles. The molecule has 0 saturated carbocycles. The average molecular weight is 347 g/mol. The Morgan fingerprint density at radius 1 is 1.43 bits per heavy atom. The third-order valence-electron chi connectivity index (χ3n) is 2.94. The Bertz CT molecular complexity index is 697. The van der Waals surface area contributed by atoms with Crippen molar-refractivity contribution in [3.05, 3.63) is 34.2 Å². The van der Waals surface area contributed by atoms with Crippen molar-refractivity contribution in [2.45, 2.75) is 19.8 Å². The maximum atomic E-state index is 11.8. The molecular weight excluding hydrogens is 331 g/mol. The molecule has 0 spiro atoms. The van der Waals surface area contributed by atoms with Crippen molar-refractivity contribution in [2.75, 3.05) is 12.8 Å². The molecule has 7 heteroatoms. The van der Waals surface area contributed by atoms with Crippen LogP contribution in [0.1, 0.15) is 18.2 Å². The zero-order valence-electron chi connectivity index (χ0n) is 11.5. The normalized spacial score (nSPS) is 14.2. The van der Waals surface area contributed by atoms with E-state index in [1.807, 2.05) is 24.3 Å². The summed E-state index contributed by atoms with van der Waals surface area (Å²) in [7, 11) is -3.79. The number of halogens is 1. The van der Waals surface area contributed by atoms with Crippen molar-refractivity contribution in [1.82, 2.24) is 0 Å². The van der Waals surface area contributed by atoms with Crippen molar-refractivity contribution in [2.24, 2.45) is 0 Å². The third-order valence-corrected chi connectivity index (χ3v) is 6.13. The number of hydrogen-bond donors (Lipinski definition) is 1. The summed E-state index contributed by atoms with van der Waals surface area (Å²) in [4.78, 5) is 22.1. The minimum Gasteiger partial charge on any atom is -0.324 e. The van der Waals surface area contributed by atoms with Gasteiger partial charge in [-0.3, -0.25) is 9.36 Å². The molecule has 2 rings (SSSR count). The summed E-state index contributed by atoms with van der Waals surface area (Å²) >= 11 is 7.84. The molecule has 21 heavy (non-hydrogen) atoms. The van der Waals surface area contributed by atoms with Crippen LogP contribution in [0.4, 0.5) is 0 Å². The second kappa shape index (κ2) is 7.03. The number of fused-ring (bicyclic) bond motifs is 1. The van der Waals surface area contributed by atoms with Crippen molar-refractivity contribution in [3.63, 3.8) is 0 Å². The summed E-state index contributed by atoms with van der Waals surface area (Å²) in [5.41, 5.74) is 0. The number of hydrogen-bond acceptors (Lipinski definition) is 4. The van der Waals surface area contributed by atoms with Gasteiger partial charge in [-0.15, -0.1) is 11.3 Å². The standard InChI is InChI=1S/C14H16ClO4PS/c1-2-19-20(17,18)9-10(16)7-8-13-14(15)11-5-3-4-6-12(11)21-13/h3-6H,2,7-9H2,1H3,(H,17,18). The number of benzene rings is 1. The van der Waals surface area contributed by atoms with E-state index in [0.29, 0.717) is 11.4 Å². The zero-order chi connectivity index (χ0) is 15.5. The molecule has 1 unspecified atom stereocenters. The number of carbonyl (C=O) groups excluding carboxylic acids is 1. The minimum absolute atomic E-state index is 0.114. The average Bonchev–Trinajstić information content (AvgIpc) is 2.73. The summed E-state index contributed by atoms with van der Waals surface area (Å²) in [6, 6.07) is 7.78. The highest BCUT2D eigenvalue weighted by Gasteiger charge is 2.23. The predicted octanol–water partition coefficient (Wildman–Crippen LogP) is 4.28. The van der Waals surface area contributed by atoms with Gasteiger partial charge in [-0.1, -0.05) is 29.8 Å². The second-order valence-electron chi connectivity index (χ2n) is 4.59. The van der Waals surface area contributed by atoms with Gasteiger partial charge in [-0.2, -0.15) is 0 Å². The largest absolute Gasteiger partial charge is 0.335 e. The van der Waals surface area contributed by atoms with Crippen LogP contribution in [0.3, 0.4) is 0 Å². The molecule has 4 nitrogen and oxygen atoms in total. The first-order valence-corrected chi connectivity index (χ1v) is 9.52. The van der Waals surface area contributed by atoms with E-state index in [1.54, 1.807) is 18.3 Å².